The Morgan fingerprint density at radius 3 is 2.60 bits per heavy atom. The number of rotatable bonds is 5. The highest BCUT2D eigenvalue weighted by atomic mass is 19.1. The zero-order chi connectivity index (χ0) is 14.4. The summed E-state index contributed by atoms with van der Waals surface area (Å²) >= 11 is 0. The van der Waals surface area contributed by atoms with Gasteiger partial charge in [-0.3, -0.25) is 0 Å². The highest BCUT2D eigenvalue weighted by Gasteiger charge is 1.99. The molecule has 2 N–H and O–H groups in total. The normalized spacial score (nSPS) is 12.6. The first-order valence-corrected chi connectivity index (χ1v) is 6.28. The molecular weight excluding hydrogens is 257 g/mol. The fourth-order valence-corrected chi connectivity index (χ4v) is 1.62. The topological polar surface area (TPSA) is 41.5 Å². The minimum Gasteiger partial charge on any atom is -0.457 e. The van der Waals surface area contributed by atoms with Gasteiger partial charge < -0.3 is 9.94 Å². The van der Waals surface area contributed by atoms with Gasteiger partial charge in [0.05, 0.1) is 0 Å². The van der Waals surface area contributed by atoms with Crippen molar-refractivity contribution in [1.82, 2.24) is 5.48 Å². The number of benzene rings is 2. The summed E-state index contributed by atoms with van der Waals surface area (Å²) in [5, 5.41) is 8.73. The van der Waals surface area contributed by atoms with Crippen LogP contribution in [-0.2, 0) is 0 Å². The Balaban J connectivity index is 2.09. The second kappa shape index (κ2) is 6.84. The Hall–Kier alpha value is -2.17. The van der Waals surface area contributed by atoms with E-state index in [9.17, 15) is 4.39 Å². The quantitative estimate of drug-likeness (QED) is 0.809. The summed E-state index contributed by atoms with van der Waals surface area (Å²) in [7, 11) is 0. The SMILES string of the molecule is CC(/C=C/c1cccc(Oc2ccc(F)cc2)c1)NO. The maximum Gasteiger partial charge on any atom is 0.128 e. The van der Waals surface area contributed by atoms with Gasteiger partial charge in [-0.25, -0.2) is 4.39 Å². The van der Waals surface area contributed by atoms with Crippen LogP contribution in [0.2, 0.25) is 0 Å². The third-order valence-electron chi connectivity index (χ3n) is 2.69. The van der Waals surface area contributed by atoms with Crippen molar-refractivity contribution in [2.45, 2.75) is 13.0 Å². The summed E-state index contributed by atoms with van der Waals surface area (Å²) in [5.41, 5.74) is 3.09. The monoisotopic (exact) mass is 273 g/mol. The summed E-state index contributed by atoms with van der Waals surface area (Å²) < 4.78 is 18.4. The summed E-state index contributed by atoms with van der Waals surface area (Å²) in [6.45, 7) is 1.83. The number of halogens is 1. The van der Waals surface area contributed by atoms with Gasteiger partial charge in [-0.2, -0.15) is 5.48 Å². The lowest BCUT2D eigenvalue weighted by atomic mass is 10.2. The van der Waals surface area contributed by atoms with Gasteiger partial charge in [0.2, 0.25) is 0 Å². The molecule has 0 aliphatic heterocycles. The van der Waals surface area contributed by atoms with Gasteiger partial charge in [0.15, 0.2) is 0 Å². The highest BCUT2D eigenvalue weighted by molar-refractivity contribution is 5.52. The second-order valence-corrected chi connectivity index (χ2v) is 4.41. The molecule has 2 rings (SSSR count). The van der Waals surface area contributed by atoms with Crippen LogP contribution in [0.3, 0.4) is 0 Å². The van der Waals surface area contributed by atoms with Crippen LogP contribution in [0.1, 0.15) is 12.5 Å². The second-order valence-electron chi connectivity index (χ2n) is 4.41. The van der Waals surface area contributed by atoms with Crippen molar-refractivity contribution < 1.29 is 14.3 Å². The van der Waals surface area contributed by atoms with Crippen LogP contribution in [-0.4, -0.2) is 11.2 Å². The average Bonchev–Trinajstić information content (AvgIpc) is 2.47. The molecule has 0 amide bonds. The van der Waals surface area contributed by atoms with Crippen LogP contribution in [0.15, 0.2) is 54.6 Å². The summed E-state index contributed by atoms with van der Waals surface area (Å²) in [5.74, 6) is 0.959. The van der Waals surface area contributed by atoms with Crippen molar-refractivity contribution in [2.75, 3.05) is 0 Å². The van der Waals surface area contributed by atoms with E-state index >= 15 is 0 Å². The van der Waals surface area contributed by atoms with Gasteiger partial charge in [0.1, 0.15) is 17.3 Å². The molecule has 0 saturated heterocycles. The number of ether oxygens (including phenoxy) is 1. The molecule has 1 atom stereocenters. The van der Waals surface area contributed by atoms with Gasteiger partial charge in [0.25, 0.3) is 0 Å². The van der Waals surface area contributed by atoms with E-state index in [1.54, 1.807) is 12.1 Å². The molecule has 104 valence electrons. The predicted octanol–water partition coefficient (Wildman–Crippen LogP) is 4.00. The largest absolute Gasteiger partial charge is 0.457 e. The predicted molar refractivity (Wildman–Crippen MR) is 76.3 cm³/mol. The van der Waals surface area contributed by atoms with Gasteiger partial charge >= 0.3 is 0 Å². The molecule has 0 radical (unpaired) electrons. The maximum atomic E-state index is 12.8. The number of hydroxylamine groups is 1. The van der Waals surface area contributed by atoms with Crippen LogP contribution in [0.5, 0.6) is 11.5 Å². The molecule has 2 aromatic carbocycles. The summed E-state index contributed by atoms with van der Waals surface area (Å²) in [4.78, 5) is 0. The zero-order valence-electron chi connectivity index (χ0n) is 11.1. The molecule has 0 fully saturated rings. The average molecular weight is 273 g/mol. The Morgan fingerprint density at radius 1 is 1.15 bits per heavy atom. The van der Waals surface area contributed by atoms with E-state index < -0.39 is 0 Å². The van der Waals surface area contributed by atoms with E-state index in [1.807, 2.05) is 43.3 Å². The van der Waals surface area contributed by atoms with Crippen molar-refractivity contribution in [2.24, 2.45) is 0 Å². The number of nitrogens with one attached hydrogen (secondary N) is 1. The van der Waals surface area contributed by atoms with E-state index in [1.165, 1.54) is 12.1 Å². The molecule has 0 saturated carbocycles. The molecule has 3 nitrogen and oxygen atoms in total. The molecule has 2 aromatic rings. The van der Waals surface area contributed by atoms with Gasteiger partial charge in [0, 0.05) is 6.04 Å². The fourth-order valence-electron chi connectivity index (χ4n) is 1.62. The van der Waals surface area contributed by atoms with E-state index in [-0.39, 0.29) is 11.9 Å². The van der Waals surface area contributed by atoms with E-state index in [4.69, 9.17) is 9.94 Å². The van der Waals surface area contributed by atoms with E-state index in [2.05, 4.69) is 5.48 Å². The molecule has 1 unspecified atom stereocenters. The van der Waals surface area contributed by atoms with Crippen LogP contribution in [0.4, 0.5) is 4.39 Å². The molecular formula is C16H16FNO2. The van der Waals surface area contributed by atoms with Crippen LogP contribution in [0.25, 0.3) is 6.08 Å². The first kappa shape index (κ1) is 14.2. The third kappa shape index (κ3) is 4.19. The Morgan fingerprint density at radius 2 is 1.90 bits per heavy atom. The standard InChI is InChI=1S/C16H16FNO2/c1-12(18-19)5-6-13-3-2-4-16(11-13)20-15-9-7-14(17)8-10-15/h2-12,18-19H,1H3/b6-5+. The highest BCUT2D eigenvalue weighted by Crippen LogP contribution is 2.22. The third-order valence-corrected chi connectivity index (χ3v) is 2.69. The molecule has 0 aliphatic carbocycles. The Kier molecular flexibility index (Phi) is 4.87. The fraction of sp³-hybridized carbons (Fsp3) is 0.125. The molecule has 4 heteroatoms. The Bertz CT molecular complexity index is 581. The van der Waals surface area contributed by atoms with Crippen molar-refractivity contribution in [1.29, 1.82) is 0 Å². The van der Waals surface area contributed by atoms with Gasteiger partial charge in [-0.15, -0.1) is 0 Å². The summed E-state index contributed by atoms with van der Waals surface area (Å²) in [6, 6.07) is 13.2. The van der Waals surface area contributed by atoms with Crippen molar-refractivity contribution in [3.8, 4) is 11.5 Å². The van der Waals surface area contributed by atoms with Gasteiger partial charge in [-0.1, -0.05) is 24.3 Å². The minimum absolute atomic E-state index is 0.128. The Labute approximate surface area is 117 Å². The maximum absolute atomic E-state index is 12.8. The van der Waals surface area contributed by atoms with Crippen LogP contribution in [0, 0.1) is 5.82 Å². The lowest BCUT2D eigenvalue weighted by Gasteiger charge is -2.06. The molecule has 0 aromatic heterocycles. The van der Waals surface area contributed by atoms with E-state index in [0.29, 0.717) is 11.5 Å². The van der Waals surface area contributed by atoms with Gasteiger partial charge in [-0.05, 0) is 48.9 Å². The van der Waals surface area contributed by atoms with Crippen LogP contribution >= 0.6 is 0 Å². The van der Waals surface area contributed by atoms with E-state index in [0.717, 1.165) is 5.56 Å². The lowest BCUT2D eigenvalue weighted by molar-refractivity contribution is 0.150. The van der Waals surface area contributed by atoms with Crippen LogP contribution < -0.4 is 10.2 Å². The number of hydrogen-bond acceptors (Lipinski definition) is 3. The van der Waals surface area contributed by atoms with Crippen molar-refractivity contribution >= 4 is 6.08 Å². The molecule has 20 heavy (non-hydrogen) atoms. The zero-order valence-corrected chi connectivity index (χ0v) is 11.1. The lowest BCUT2D eigenvalue weighted by Crippen LogP contribution is -2.18. The molecule has 0 spiro atoms. The summed E-state index contributed by atoms with van der Waals surface area (Å²) in [6.07, 6.45) is 3.71. The van der Waals surface area contributed by atoms with Crippen molar-refractivity contribution in [3.05, 3.63) is 66.0 Å². The van der Waals surface area contributed by atoms with Crippen molar-refractivity contribution in [3.63, 3.8) is 0 Å². The molecule has 0 bridgehead atoms. The minimum atomic E-state index is -0.292. The molecule has 0 heterocycles. The first-order valence-electron chi connectivity index (χ1n) is 6.28. The first-order chi connectivity index (χ1) is 9.67. The molecule has 0 aliphatic rings. The smallest absolute Gasteiger partial charge is 0.128 e. The number of hydrogen-bond donors (Lipinski definition) is 2.